The molecule has 5 heteroatoms. The average Bonchev–Trinajstić information content (AvgIpc) is 2.92. The van der Waals surface area contributed by atoms with Gasteiger partial charge >= 0.3 is 0 Å². The maximum atomic E-state index is 5.69. The van der Waals surface area contributed by atoms with Gasteiger partial charge in [-0.3, -0.25) is 11.3 Å². The van der Waals surface area contributed by atoms with Crippen LogP contribution in [0.3, 0.4) is 0 Å². The first-order chi connectivity index (χ1) is 9.30. The molecule has 0 bridgehead atoms. The lowest BCUT2D eigenvalue weighted by Gasteiger charge is -2.19. The Bertz CT molecular complexity index is 524. The topological polar surface area (TPSA) is 65.1 Å². The molecule has 0 aliphatic carbocycles. The predicted octanol–water partition coefficient (Wildman–Crippen LogP) is 1.66. The highest BCUT2D eigenvalue weighted by atomic mass is 16.5. The fourth-order valence-electron chi connectivity index (χ4n) is 2.21. The summed E-state index contributed by atoms with van der Waals surface area (Å²) in [6, 6.07) is 7.86. The number of ether oxygens (including phenoxy) is 1. The van der Waals surface area contributed by atoms with Crippen molar-refractivity contribution in [2.24, 2.45) is 5.84 Å². The highest BCUT2D eigenvalue weighted by Gasteiger charge is 2.17. The first-order valence-corrected chi connectivity index (χ1v) is 6.39. The van der Waals surface area contributed by atoms with Crippen molar-refractivity contribution in [2.75, 3.05) is 7.11 Å². The Morgan fingerprint density at radius 3 is 2.89 bits per heavy atom. The number of para-hydroxylation sites is 1. The van der Waals surface area contributed by atoms with Crippen molar-refractivity contribution >= 4 is 0 Å². The predicted molar refractivity (Wildman–Crippen MR) is 74.7 cm³/mol. The average molecular weight is 260 g/mol. The van der Waals surface area contributed by atoms with Crippen molar-refractivity contribution in [3.8, 4) is 5.75 Å². The highest BCUT2D eigenvalue weighted by Crippen LogP contribution is 2.26. The maximum absolute atomic E-state index is 5.69. The molecule has 0 saturated carbocycles. The molecule has 1 unspecified atom stereocenters. The van der Waals surface area contributed by atoms with Gasteiger partial charge in [-0.15, -0.1) is 0 Å². The molecular formula is C14H20N4O. The number of hydrogen-bond acceptors (Lipinski definition) is 4. The summed E-state index contributed by atoms with van der Waals surface area (Å²) in [5.74, 6) is 7.54. The molecule has 3 N–H and O–H groups in total. The van der Waals surface area contributed by atoms with Crippen molar-refractivity contribution in [3.05, 3.63) is 48.0 Å². The molecular weight excluding hydrogens is 240 g/mol. The number of nitrogens with zero attached hydrogens (tertiary/aromatic N) is 2. The van der Waals surface area contributed by atoms with Crippen molar-refractivity contribution in [1.29, 1.82) is 0 Å². The third kappa shape index (κ3) is 2.94. The Morgan fingerprint density at radius 2 is 2.21 bits per heavy atom. The molecule has 5 nitrogen and oxygen atoms in total. The van der Waals surface area contributed by atoms with Crippen LogP contribution in [0, 0.1) is 0 Å². The Labute approximate surface area is 113 Å². The number of hydrogen-bond donors (Lipinski definition) is 2. The van der Waals surface area contributed by atoms with Crippen molar-refractivity contribution in [3.63, 3.8) is 0 Å². The summed E-state index contributed by atoms with van der Waals surface area (Å²) in [5, 5.41) is 0. The second kappa shape index (κ2) is 6.36. The lowest BCUT2D eigenvalue weighted by atomic mass is 10.0. The SMILES string of the molecule is CCn1ccnc1CC(NN)c1ccccc1OC. The molecule has 102 valence electrons. The van der Waals surface area contributed by atoms with E-state index in [2.05, 4.69) is 21.9 Å². The number of imidazole rings is 1. The van der Waals surface area contributed by atoms with Crippen LogP contribution in [-0.4, -0.2) is 16.7 Å². The number of nitrogens with two attached hydrogens (primary N) is 1. The lowest BCUT2D eigenvalue weighted by molar-refractivity contribution is 0.397. The van der Waals surface area contributed by atoms with Gasteiger partial charge in [0.25, 0.3) is 0 Å². The number of rotatable bonds is 6. The third-order valence-electron chi connectivity index (χ3n) is 3.24. The van der Waals surface area contributed by atoms with E-state index in [1.807, 2.05) is 36.7 Å². The maximum Gasteiger partial charge on any atom is 0.123 e. The number of hydrazine groups is 1. The normalized spacial score (nSPS) is 12.4. The first kappa shape index (κ1) is 13.6. The van der Waals surface area contributed by atoms with Crippen LogP contribution in [-0.2, 0) is 13.0 Å². The van der Waals surface area contributed by atoms with Crippen LogP contribution < -0.4 is 16.0 Å². The minimum Gasteiger partial charge on any atom is -0.496 e. The van der Waals surface area contributed by atoms with Gasteiger partial charge < -0.3 is 9.30 Å². The molecule has 2 rings (SSSR count). The van der Waals surface area contributed by atoms with E-state index in [9.17, 15) is 0 Å². The standard InChI is InChI=1S/C14H20N4O/c1-3-18-9-8-16-14(18)10-12(17-15)11-6-4-5-7-13(11)19-2/h4-9,12,17H,3,10,15H2,1-2H3. The molecule has 0 saturated heterocycles. The van der Waals surface area contributed by atoms with E-state index in [1.165, 1.54) is 0 Å². The number of benzene rings is 1. The van der Waals surface area contributed by atoms with Crippen LogP contribution >= 0.6 is 0 Å². The molecule has 2 aromatic rings. The molecule has 1 aromatic carbocycles. The van der Waals surface area contributed by atoms with Gasteiger partial charge in [-0.2, -0.15) is 0 Å². The van der Waals surface area contributed by atoms with E-state index in [4.69, 9.17) is 10.6 Å². The largest absolute Gasteiger partial charge is 0.496 e. The molecule has 0 fully saturated rings. The monoisotopic (exact) mass is 260 g/mol. The minimum absolute atomic E-state index is 0.0242. The summed E-state index contributed by atoms with van der Waals surface area (Å²) in [6.45, 7) is 3.00. The van der Waals surface area contributed by atoms with Crippen LogP contribution in [0.4, 0.5) is 0 Å². The van der Waals surface area contributed by atoms with Crippen LogP contribution in [0.5, 0.6) is 5.75 Å². The number of methoxy groups -OCH3 is 1. The molecule has 1 atom stereocenters. The smallest absolute Gasteiger partial charge is 0.123 e. The van der Waals surface area contributed by atoms with Crippen molar-refractivity contribution in [1.82, 2.24) is 15.0 Å². The lowest BCUT2D eigenvalue weighted by Crippen LogP contribution is -2.30. The number of aryl methyl sites for hydroxylation is 1. The molecule has 1 aromatic heterocycles. The van der Waals surface area contributed by atoms with E-state index in [1.54, 1.807) is 7.11 Å². The fourth-order valence-corrected chi connectivity index (χ4v) is 2.21. The zero-order valence-electron chi connectivity index (χ0n) is 11.3. The molecule has 0 amide bonds. The second-order valence-electron chi connectivity index (χ2n) is 4.29. The Hall–Kier alpha value is -1.85. The molecule has 1 heterocycles. The summed E-state index contributed by atoms with van der Waals surface area (Å²) < 4.78 is 7.49. The molecule has 0 aliphatic rings. The van der Waals surface area contributed by atoms with Gasteiger partial charge in [0.05, 0.1) is 13.2 Å². The van der Waals surface area contributed by atoms with Crippen LogP contribution in [0.2, 0.25) is 0 Å². The third-order valence-corrected chi connectivity index (χ3v) is 3.24. The van der Waals surface area contributed by atoms with E-state index in [0.29, 0.717) is 0 Å². The highest BCUT2D eigenvalue weighted by molar-refractivity contribution is 5.36. The van der Waals surface area contributed by atoms with Gasteiger partial charge in [0.15, 0.2) is 0 Å². The Morgan fingerprint density at radius 1 is 1.42 bits per heavy atom. The zero-order valence-corrected chi connectivity index (χ0v) is 11.3. The van der Waals surface area contributed by atoms with E-state index >= 15 is 0 Å². The van der Waals surface area contributed by atoms with Gasteiger partial charge in [0.1, 0.15) is 11.6 Å². The molecule has 0 aliphatic heterocycles. The molecule has 19 heavy (non-hydrogen) atoms. The fraction of sp³-hybridized carbons (Fsp3) is 0.357. The molecule has 0 radical (unpaired) electrons. The summed E-state index contributed by atoms with van der Waals surface area (Å²) in [5.41, 5.74) is 3.89. The summed E-state index contributed by atoms with van der Waals surface area (Å²) in [7, 11) is 1.67. The second-order valence-corrected chi connectivity index (χ2v) is 4.29. The van der Waals surface area contributed by atoms with Gasteiger partial charge in [-0.1, -0.05) is 18.2 Å². The van der Waals surface area contributed by atoms with Crippen LogP contribution in [0.25, 0.3) is 0 Å². The van der Waals surface area contributed by atoms with Gasteiger partial charge in [-0.25, -0.2) is 4.98 Å². The zero-order chi connectivity index (χ0) is 13.7. The van der Waals surface area contributed by atoms with E-state index in [0.717, 1.165) is 30.1 Å². The van der Waals surface area contributed by atoms with Crippen molar-refractivity contribution in [2.45, 2.75) is 25.9 Å². The molecule has 0 spiro atoms. The summed E-state index contributed by atoms with van der Waals surface area (Å²) in [4.78, 5) is 4.38. The van der Waals surface area contributed by atoms with Gasteiger partial charge in [0.2, 0.25) is 0 Å². The van der Waals surface area contributed by atoms with Gasteiger partial charge in [-0.05, 0) is 13.0 Å². The van der Waals surface area contributed by atoms with E-state index < -0.39 is 0 Å². The summed E-state index contributed by atoms with van der Waals surface area (Å²) >= 11 is 0. The van der Waals surface area contributed by atoms with Crippen molar-refractivity contribution < 1.29 is 4.74 Å². The van der Waals surface area contributed by atoms with E-state index in [-0.39, 0.29) is 6.04 Å². The number of aromatic nitrogens is 2. The Kier molecular flexibility index (Phi) is 4.54. The van der Waals surface area contributed by atoms with Crippen LogP contribution in [0.1, 0.15) is 24.4 Å². The quantitative estimate of drug-likeness (QED) is 0.612. The van der Waals surface area contributed by atoms with Crippen LogP contribution in [0.15, 0.2) is 36.7 Å². The van der Waals surface area contributed by atoms with Gasteiger partial charge in [0, 0.05) is 30.9 Å². The summed E-state index contributed by atoms with van der Waals surface area (Å²) in [6.07, 6.45) is 4.51. The Balaban J connectivity index is 2.25. The number of nitrogens with one attached hydrogen (secondary N) is 1. The minimum atomic E-state index is -0.0242. The first-order valence-electron chi connectivity index (χ1n) is 6.39.